The number of ether oxygens (including phenoxy) is 1. The molecule has 1 aromatic heterocycles. The first-order valence-electron chi connectivity index (χ1n) is 6.87. The number of rotatable bonds is 8. The molecule has 0 unspecified atom stereocenters. The lowest BCUT2D eigenvalue weighted by Crippen LogP contribution is -2.18. The lowest BCUT2D eigenvalue weighted by atomic mass is 10.2. The van der Waals surface area contributed by atoms with E-state index in [-0.39, 0.29) is 0 Å². The van der Waals surface area contributed by atoms with Gasteiger partial charge in [0.25, 0.3) is 0 Å². The summed E-state index contributed by atoms with van der Waals surface area (Å²) >= 11 is 0. The average Bonchev–Trinajstić information content (AvgIpc) is 2.65. The molecule has 0 aliphatic rings. The Morgan fingerprint density at radius 2 is 2.06 bits per heavy atom. The molecule has 4 heteroatoms. The fraction of sp³-hybridized carbons (Fsp3) is 0.786. The van der Waals surface area contributed by atoms with E-state index in [4.69, 9.17) is 4.74 Å². The van der Waals surface area contributed by atoms with Gasteiger partial charge in [-0.05, 0) is 47.6 Å². The summed E-state index contributed by atoms with van der Waals surface area (Å²) in [6, 6.07) is 0.429. The molecule has 0 aromatic carbocycles. The summed E-state index contributed by atoms with van der Waals surface area (Å²) in [6.07, 6.45) is 3.35. The molecule has 0 bridgehead atoms. The number of aromatic nitrogens is 2. The van der Waals surface area contributed by atoms with E-state index in [9.17, 15) is 0 Å². The predicted molar refractivity (Wildman–Crippen MR) is 74.8 cm³/mol. The highest BCUT2D eigenvalue weighted by atomic mass is 16.5. The van der Waals surface area contributed by atoms with Crippen molar-refractivity contribution in [3.8, 4) is 0 Å². The van der Waals surface area contributed by atoms with Crippen LogP contribution in [0.5, 0.6) is 0 Å². The first-order valence-corrected chi connectivity index (χ1v) is 6.87. The minimum atomic E-state index is 0.330. The first-order chi connectivity index (χ1) is 8.52. The largest absolute Gasteiger partial charge is 0.379 e. The zero-order valence-corrected chi connectivity index (χ0v) is 12.4. The molecule has 0 fully saturated rings. The second kappa shape index (κ2) is 7.54. The lowest BCUT2D eigenvalue weighted by Gasteiger charge is -2.10. The fourth-order valence-electron chi connectivity index (χ4n) is 1.89. The number of hydrogen-bond acceptors (Lipinski definition) is 3. The normalized spacial score (nSPS) is 11.7. The molecule has 1 N–H and O–H groups in total. The lowest BCUT2D eigenvalue weighted by molar-refractivity contribution is 0.0770. The standard InChI is InChI=1S/C14H27N3O/c1-11(2)17-13(5)14(10-16-17)9-15-7-6-8-18-12(3)4/h10-12,15H,6-9H2,1-5H3. The number of hydrogen-bond donors (Lipinski definition) is 1. The second-order valence-corrected chi connectivity index (χ2v) is 5.24. The van der Waals surface area contributed by atoms with Crippen LogP contribution in [0.3, 0.4) is 0 Å². The van der Waals surface area contributed by atoms with Crippen molar-refractivity contribution < 1.29 is 4.74 Å². The third-order valence-electron chi connectivity index (χ3n) is 2.90. The van der Waals surface area contributed by atoms with Crippen molar-refractivity contribution in [3.05, 3.63) is 17.5 Å². The Morgan fingerprint density at radius 1 is 1.33 bits per heavy atom. The van der Waals surface area contributed by atoms with Crippen LogP contribution in [0.25, 0.3) is 0 Å². The van der Waals surface area contributed by atoms with Gasteiger partial charge < -0.3 is 10.1 Å². The van der Waals surface area contributed by atoms with E-state index in [1.807, 2.05) is 6.20 Å². The second-order valence-electron chi connectivity index (χ2n) is 5.24. The highest BCUT2D eigenvalue weighted by Crippen LogP contribution is 2.12. The Kier molecular flexibility index (Phi) is 6.36. The van der Waals surface area contributed by atoms with E-state index in [1.54, 1.807) is 0 Å². The molecule has 104 valence electrons. The third kappa shape index (κ3) is 4.78. The molecular weight excluding hydrogens is 226 g/mol. The minimum absolute atomic E-state index is 0.330. The van der Waals surface area contributed by atoms with Crippen LogP contribution >= 0.6 is 0 Å². The highest BCUT2D eigenvalue weighted by Gasteiger charge is 2.07. The maximum Gasteiger partial charge on any atom is 0.0537 e. The third-order valence-corrected chi connectivity index (χ3v) is 2.90. The molecule has 0 spiro atoms. The monoisotopic (exact) mass is 253 g/mol. The molecule has 0 atom stereocenters. The summed E-state index contributed by atoms with van der Waals surface area (Å²) in [4.78, 5) is 0. The van der Waals surface area contributed by atoms with Crippen molar-refractivity contribution in [3.63, 3.8) is 0 Å². The van der Waals surface area contributed by atoms with Crippen molar-refractivity contribution in [2.45, 2.75) is 59.7 Å². The predicted octanol–water partition coefficient (Wildman–Crippen LogP) is 2.68. The maximum absolute atomic E-state index is 5.50. The Morgan fingerprint density at radius 3 is 2.61 bits per heavy atom. The van der Waals surface area contributed by atoms with Crippen molar-refractivity contribution in [1.82, 2.24) is 15.1 Å². The van der Waals surface area contributed by atoms with Gasteiger partial charge in [0.05, 0.1) is 12.3 Å². The fourth-order valence-corrected chi connectivity index (χ4v) is 1.89. The summed E-state index contributed by atoms with van der Waals surface area (Å²) < 4.78 is 7.57. The quantitative estimate of drug-likeness (QED) is 0.724. The number of nitrogens with zero attached hydrogens (tertiary/aromatic N) is 2. The molecule has 0 aliphatic carbocycles. The summed E-state index contributed by atoms with van der Waals surface area (Å²) in [5.74, 6) is 0. The van der Waals surface area contributed by atoms with Crippen molar-refractivity contribution in [1.29, 1.82) is 0 Å². The van der Waals surface area contributed by atoms with Gasteiger partial charge >= 0.3 is 0 Å². The van der Waals surface area contributed by atoms with E-state index < -0.39 is 0 Å². The van der Waals surface area contributed by atoms with Crippen LogP contribution in [0.4, 0.5) is 0 Å². The van der Waals surface area contributed by atoms with Gasteiger partial charge in [-0.15, -0.1) is 0 Å². The zero-order valence-electron chi connectivity index (χ0n) is 12.4. The SMILES string of the molecule is Cc1c(CNCCCOC(C)C)cnn1C(C)C. The number of nitrogens with one attached hydrogen (secondary N) is 1. The molecule has 4 nitrogen and oxygen atoms in total. The van der Waals surface area contributed by atoms with Gasteiger partial charge in [0.1, 0.15) is 0 Å². The van der Waals surface area contributed by atoms with Gasteiger partial charge in [-0.3, -0.25) is 4.68 Å². The molecule has 0 aliphatic heterocycles. The van der Waals surface area contributed by atoms with Crippen LogP contribution in [-0.4, -0.2) is 29.0 Å². The van der Waals surface area contributed by atoms with Crippen molar-refractivity contribution in [2.24, 2.45) is 0 Å². The van der Waals surface area contributed by atoms with Gasteiger partial charge in [0.15, 0.2) is 0 Å². The van der Waals surface area contributed by atoms with Gasteiger partial charge in [0, 0.05) is 30.5 Å². The van der Waals surface area contributed by atoms with Crippen molar-refractivity contribution >= 4 is 0 Å². The average molecular weight is 253 g/mol. The van der Waals surface area contributed by atoms with Crippen LogP contribution in [0.15, 0.2) is 6.20 Å². The summed E-state index contributed by atoms with van der Waals surface area (Å²) in [6.45, 7) is 13.3. The van der Waals surface area contributed by atoms with E-state index in [1.165, 1.54) is 11.3 Å². The molecule has 0 saturated carbocycles. The molecule has 0 saturated heterocycles. The first kappa shape index (κ1) is 15.2. The highest BCUT2D eigenvalue weighted by molar-refractivity contribution is 5.16. The van der Waals surface area contributed by atoms with E-state index in [0.717, 1.165) is 26.1 Å². The topological polar surface area (TPSA) is 39.1 Å². The summed E-state index contributed by atoms with van der Waals surface area (Å²) in [7, 11) is 0. The molecule has 1 rings (SSSR count). The summed E-state index contributed by atoms with van der Waals surface area (Å²) in [5, 5.41) is 7.84. The Bertz CT molecular complexity index is 345. The molecule has 0 amide bonds. The van der Waals surface area contributed by atoms with E-state index in [2.05, 4.69) is 49.7 Å². The van der Waals surface area contributed by atoms with Gasteiger partial charge in [-0.2, -0.15) is 5.10 Å². The van der Waals surface area contributed by atoms with Crippen LogP contribution < -0.4 is 5.32 Å². The minimum Gasteiger partial charge on any atom is -0.379 e. The molecular formula is C14H27N3O. The zero-order chi connectivity index (χ0) is 13.5. The van der Waals surface area contributed by atoms with Crippen LogP contribution in [0.2, 0.25) is 0 Å². The molecule has 1 aromatic rings. The van der Waals surface area contributed by atoms with Crippen LogP contribution in [-0.2, 0) is 11.3 Å². The van der Waals surface area contributed by atoms with Crippen molar-refractivity contribution in [2.75, 3.05) is 13.2 Å². The Labute approximate surface area is 111 Å². The van der Waals surface area contributed by atoms with Gasteiger partial charge in [0.2, 0.25) is 0 Å². The van der Waals surface area contributed by atoms with E-state index in [0.29, 0.717) is 12.1 Å². The van der Waals surface area contributed by atoms with Gasteiger partial charge in [-0.25, -0.2) is 0 Å². The molecule has 0 radical (unpaired) electrons. The summed E-state index contributed by atoms with van der Waals surface area (Å²) in [5.41, 5.74) is 2.55. The van der Waals surface area contributed by atoms with Gasteiger partial charge in [-0.1, -0.05) is 0 Å². The molecule has 1 heterocycles. The Balaban J connectivity index is 2.23. The smallest absolute Gasteiger partial charge is 0.0537 e. The van der Waals surface area contributed by atoms with E-state index >= 15 is 0 Å². The van der Waals surface area contributed by atoms with Crippen LogP contribution in [0, 0.1) is 6.92 Å². The maximum atomic E-state index is 5.50. The molecule has 18 heavy (non-hydrogen) atoms. The Hall–Kier alpha value is -0.870. The van der Waals surface area contributed by atoms with Crippen LogP contribution in [0.1, 0.15) is 51.4 Å².